The van der Waals surface area contributed by atoms with Crippen LogP contribution in [0.3, 0.4) is 0 Å². The van der Waals surface area contributed by atoms with Crippen molar-refractivity contribution >= 4 is 17.9 Å². The quantitative estimate of drug-likeness (QED) is 0.0261. The van der Waals surface area contributed by atoms with Gasteiger partial charge in [-0.1, -0.05) is 278 Å². The highest BCUT2D eigenvalue weighted by molar-refractivity contribution is 5.72. The number of ether oxygens (including phenoxy) is 3. The number of carbonyl (C=O) groups is 3. The summed E-state index contributed by atoms with van der Waals surface area (Å²) in [5.74, 6) is -1.04. The number of unbranched alkanes of at least 4 members (excludes halogenated alkanes) is 25. The van der Waals surface area contributed by atoms with Gasteiger partial charge in [-0.25, -0.2) is 0 Å². The maximum atomic E-state index is 12.9. The summed E-state index contributed by atoms with van der Waals surface area (Å²) in [6.07, 6.45) is 81.1. The zero-order valence-electron chi connectivity index (χ0n) is 46.9. The molecule has 0 aromatic carbocycles. The first kappa shape index (κ1) is 68.1. The van der Waals surface area contributed by atoms with Gasteiger partial charge in [0, 0.05) is 12.8 Å². The summed E-state index contributed by atoms with van der Waals surface area (Å²) in [6.45, 7) is 6.34. The van der Waals surface area contributed by atoms with Crippen molar-refractivity contribution in [1.82, 2.24) is 0 Å². The molecular weight excluding hydrogens is 889 g/mol. The Balaban J connectivity index is 4.43. The van der Waals surface area contributed by atoms with Crippen molar-refractivity contribution in [2.75, 3.05) is 13.2 Å². The van der Waals surface area contributed by atoms with Crippen molar-refractivity contribution < 1.29 is 28.6 Å². The Kier molecular flexibility index (Phi) is 56.4. The maximum Gasteiger partial charge on any atom is 0.309 e. The first-order valence-electron chi connectivity index (χ1n) is 29.9. The van der Waals surface area contributed by atoms with Crippen LogP contribution in [0.25, 0.3) is 0 Å². The van der Waals surface area contributed by atoms with Crippen LogP contribution in [0.1, 0.15) is 271 Å². The van der Waals surface area contributed by atoms with E-state index >= 15 is 0 Å². The maximum absolute atomic E-state index is 12.9. The van der Waals surface area contributed by atoms with Crippen LogP contribution in [0, 0.1) is 0 Å². The van der Waals surface area contributed by atoms with Crippen LogP contribution in [0.15, 0.2) is 109 Å². The molecule has 0 fully saturated rings. The first-order valence-corrected chi connectivity index (χ1v) is 29.9. The average molecular weight is 1000 g/mol. The second-order valence-electron chi connectivity index (χ2n) is 19.5. The van der Waals surface area contributed by atoms with Crippen LogP contribution in [-0.4, -0.2) is 37.2 Å². The molecule has 0 aliphatic carbocycles. The smallest absolute Gasteiger partial charge is 0.309 e. The summed E-state index contributed by atoms with van der Waals surface area (Å²) in [7, 11) is 0. The predicted molar refractivity (Wildman–Crippen MR) is 311 cm³/mol. The van der Waals surface area contributed by atoms with Gasteiger partial charge in [-0.05, 0) is 83.5 Å². The fourth-order valence-corrected chi connectivity index (χ4v) is 8.15. The monoisotopic (exact) mass is 999 g/mol. The van der Waals surface area contributed by atoms with E-state index in [9.17, 15) is 14.4 Å². The lowest BCUT2D eigenvalue weighted by molar-refractivity contribution is -0.166. The molecule has 0 spiro atoms. The second-order valence-corrected chi connectivity index (χ2v) is 19.5. The van der Waals surface area contributed by atoms with Crippen LogP contribution in [-0.2, 0) is 28.6 Å². The van der Waals surface area contributed by atoms with Gasteiger partial charge >= 0.3 is 17.9 Å². The Hall–Kier alpha value is -3.93. The van der Waals surface area contributed by atoms with Crippen molar-refractivity contribution in [2.45, 2.75) is 277 Å². The molecule has 0 N–H and O–H groups in total. The Labute approximate surface area is 444 Å². The fraction of sp³-hybridized carbons (Fsp3) is 0.682. The van der Waals surface area contributed by atoms with Gasteiger partial charge in [-0.3, -0.25) is 14.4 Å². The number of carbonyl (C=O) groups excluding carboxylic acids is 3. The number of allylic oxidation sites excluding steroid dienone is 17. The van der Waals surface area contributed by atoms with Crippen LogP contribution in [0.2, 0.25) is 0 Å². The Bertz CT molecular complexity index is 1470. The number of esters is 3. The molecule has 0 heterocycles. The number of hydrogen-bond acceptors (Lipinski definition) is 6. The molecule has 1 unspecified atom stereocenters. The minimum Gasteiger partial charge on any atom is -0.462 e. The zero-order chi connectivity index (χ0) is 52.2. The molecule has 6 heteroatoms. The van der Waals surface area contributed by atoms with Crippen LogP contribution in [0.5, 0.6) is 0 Å². The minimum absolute atomic E-state index is 0.109. The van der Waals surface area contributed by atoms with Gasteiger partial charge in [0.2, 0.25) is 0 Å². The summed E-state index contributed by atoms with van der Waals surface area (Å²) < 4.78 is 16.8. The lowest BCUT2D eigenvalue weighted by atomic mass is 10.0. The molecule has 0 rings (SSSR count). The second kappa shape index (κ2) is 59.6. The topological polar surface area (TPSA) is 78.9 Å². The van der Waals surface area contributed by atoms with Gasteiger partial charge in [0.15, 0.2) is 6.10 Å². The van der Waals surface area contributed by atoms with E-state index in [1.165, 1.54) is 135 Å². The number of hydrogen-bond donors (Lipinski definition) is 0. The van der Waals surface area contributed by atoms with E-state index in [4.69, 9.17) is 14.2 Å². The van der Waals surface area contributed by atoms with Crippen LogP contribution in [0.4, 0.5) is 0 Å². The third-order valence-corrected chi connectivity index (χ3v) is 12.6. The summed E-state index contributed by atoms with van der Waals surface area (Å²) in [5.41, 5.74) is 0. The molecule has 0 aliphatic rings. The van der Waals surface area contributed by atoms with Gasteiger partial charge < -0.3 is 14.2 Å². The Morgan fingerprint density at radius 3 is 0.972 bits per heavy atom. The lowest BCUT2D eigenvalue weighted by Crippen LogP contribution is -2.30. The largest absolute Gasteiger partial charge is 0.462 e. The Morgan fingerprint density at radius 1 is 0.306 bits per heavy atom. The van der Waals surface area contributed by atoms with E-state index < -0.39 is 12.1 Å². The molecule has 0 amide bonds. The third-order valence-electron chi connectivity index (χ3n) is 12.6. The molecule has 0 aromatic heterocycles. The zero-order valence-corrected chi connectivity index (χ0v) is 46.9. The molecule has 0 aromatic rings. The molecule has 72 heavy (non-hydrogen) atoms. The van der Waals surface area contributed by atoms with E-state index in [1.54, 1.807) is 6.08 Å². The number of rotatable bonds is 53. The van der Waals surface area contributed by atoms with Crippen molar-refractivity contribution in [1.29, 1.82) is 0 Å². The van der Waals surface area contributed by atoms with Gasteiger partial charge in [-0.15, -0.1) is 0 Å². The molecule has 1 atom stereocenters. The van der Waals surface area contributed by atoms with Crippen molar-refractivity contribution in [3.05, 3.63) is 109 Å². The van der Waals surface area contributed by atoms with E-state index in [2.05, 4.69) is 118 Å². The summed E-state index contributed by atoms with van der Waals surface area (Å²) in [4.78, 5) is 38.2. The molecule has 0 saturated heterocycles. The SMILES string of the molecule is CC/C=C\C/C=C\C/C=C\C/C=C\C/C=C\CC(=O)OCC(COC(=O)CCCCCCCCCCCC/C=C\C/C=C\C/C=C\C/C=C\CC)OC(=O)CCCCCCCCCCCCCCCCCC. The average Bonchev–Trinajstić information content (AvgIpc) is 3.38. The highest BCUT2D eigenvalue weighted by Gasteiger charge is 2.19. The normalized spacial score (nSPS) is 12.9. The van der Waals surface area contributed by atoms with Crippen molar-refractivity contribution in [2.24, 2.45) is 0 Å². The van der Waals surface area contributed by atoms with E-state index in [-0.39, 0.29) is 31.6 Å². The summed E-state index contributed by atoms with van der Waals surface area (Å²) >= 11 is 0. The lowest BCUT2D eigenvalue weighted by Gasteiger charge is -2.18. The van der Waals surface area contributed by atoms with E-state index in [1.807, 2.05) is 6.08 Å². The highest BCUT2D eigenvalue weighted by Crippen LogP contribution is 2.16. The first-order chi connectivity index (χ1) is 35.5. The van der Waals surface area contributed by atoms with Crippen molar-refractivity contribution in [3.63, 3.8) is 0 Å². The predicted octanol–water partition coefficient (Wildman–Crippen LogP) is 20.3. The van der Waals surface area contributed by atoms with Crippen LogP contribution >= 0.6 is 0 Å². The van der Waals surface area contributed by atoms with Crippen molar-refractivity contribution in [3.8, 4) is 0 Å². The van der Waals surface area contributed by atoms with Gasteiger partial charge in [-0.2, -0.15) is 0 Å². The minimum atomic E-state index is -0.820. The molecular formula is C66H110O6. The summed E-state index contributed by atoms with van der Waals surface area (Å²) in [6, 6.07) is 0. The summed E-state index contributed by atoms with van der Waals surface area (Å²) in [5, 5.41) is 0. The fourth-order valence-electron chi connectivity index (χ4n) is 8.15. The molecule has 0 saturated carbocycles. The van der Waals surface area contributed by atoms with Gasteiger partial charge in [0.05, 0.1) is 6.42 Å². The third kappa shape index (κ3) is 57.0. The Morgan fingerprint density at radius 2 is 0.597 bits per heavy atom. The van der Waals surface area contributed by atoms with E-state index in [0.29, 0.717) is 12.8 Å². The highest BCUT2D eigenvalue weighted by atomic mass is 16.6. The van der Waals surface area contributed by atoms with E-state index in [0.717, 1.165) is 96.3 Å². The molecule has 0 bridgehead atoms. The standard InChI is InChI=1S/C66H110O6/c1-4-7-10-13-16-19-22-25-28-30-31-32-33-34-35-36-39-41-44-47-50-53-56-59-65(68)71-62-63(61-70-64(67)58-55-52-49-46-43-40-37-27-24-21-18-15-12-9-6-3)72-66(69)60-57-54-51-48-45-42-38-29-26-23-20-17-14-11-8-5-2/h7,9-10,12,16,18-19,21,25,27-28,31-32,37,43,46,52,55,63H,4-6,8,11,13-15,17,20,22-24,26,29-30,33-36,38-42,44-45,47-51,53-54,56-62H2,1-3H3/b10-7-,12-9-,19-16-,21-18-,28-25-,32-31-,37-27-,46-43-,55-52-. The molecule has 0 radical (unpaired) electrons. The van der Waals surface area contributed by atoms with Gasteiger partial charge in [0.25, 0.3) is 0 Å². The molecule has 410 valence electrons. The molecule has 0 aliphatic heterocycles. The van der Waals surface area contributed by atoms with Crippen LogP contribution < -0.4 is 0 Å². The van der Waals surface area contributed by atoms with Gasteiger partial charge in [0.1, 0.15) is 13.2 Å². The molecule has 6 nitrogen and oxygen atoms in total.